The zero-order chi connectivity index (χ0) is 26.4. The Morgan fingerprint density at radius 1 is 0.730 bits per heavy atom. The van der Waals surface area contributed by atoms with Crippen molar-refractivity contribution in [1.29, 1.82) is 0 Å². The lowest BCUT2D eigenvalue weighted by Crippen LogP contribution is -2.15. The average molecular weight is 504 g/mol. The monoisotopic (exact) mass is 504 g/mol. The summed E-state index contributed by atoms with van der Waals surface area (Å²) >= 11 is 0. The summed E-state index contributed by atoms with van der Waals surface area (Å²) in [6, 6.07) is 16.4. The Balaban J connectivity index is 1.46. The van der Waals surface area contributed by atoms with Crippen LogP contribution in [0, 0.1) is 0 Å². The summed E-state index contributed by atoms with van der Waals surface area (Å²) in [4.78, 5) is 25.7. The molecule has 0 bridgehead atoms. The normalized spacial score (nSPS) is 10.4. The predicted molar refractivity (Wildman–Crippen MR) is 135 cm³/mol. The standard InChI is InChI=1S/C26H24N4O7/c1-33-19-10-8-15(9-11-19)25-29-30-26(37-25)28-23(31)16-6-5-7-18(12-16)27-24(32)17-13-20(34-2)22(36-4)21(14-17)35-3/h5-14H,1-4H3,(H,27,32)(H,28,30,31). The van der Waals surface area contributed by atoms with Crippen LogP contribution < -0.4 is 29.6 Å². The second kappa shape index (κ2) is 11.1. The van der Waals surface area contributed by atoms with E-state index in [0.29, 0.717) is 34.2 Å². The predicted octanol–water partition coefficient (Wildman–Crippen LogP) is 4.28. The number of hydrogen-bond acceptors (Lipinski definition) is 9. The lowest BCUT2D eigenvalue weighted by atomic mass is 10.1. The maximum absolute atomic E-state index is 12.9. The molecule has 0 saturated heterocycles. The van der Waals surface area contributed by atoms with Gasteiger partial charge in [-0.3, -0.25) is 14.9 Å². The van der Waals surface area contributed by atoms with E-state index in [-0.39, 0.29) is 23.0 Å². The summed E-state index contributed by atoms with van der Waals surface area (Å²) in [6.45, 7) is 0. The SMILES string of the molecule is COc1ccc(-c2nnc(NC(=O)c3cccc(NC(=O)c4cc(OC)c(OC)c(OC)c4)c3)o2)cc1. The summed E-state index contributed by atoms with van der Waals surface area (Å²) in [5, 5.41) is 13.2. The molecule has 0 spiro atoms. The Labute approximate surface area is 212 Å². The van der Waals surface area contributed by atoms with E-state index < -0.39 is 11.8 Å². The largest absolute Gasteiger partial charge is 0.497 e. The van der Waals surface area contributed by atoms with E-state index in [1.54, 1.807) is 49.6 Å². The van der Waals surface area contributed by atoms with Crippen LogP contribution in [0.5, 0.6) is 23.0 Å². The molecular formula is C26H24N4O7. The molecule has 1 heterocycles. The van der Waals surface area contributed by atoms with E-state index in [4.69, 9.17) is 23.4 Å². The highest BCUT2D eigenvalue weighted by Crippen LogP contribution is 2.38. The van der Waals surface area contributed by atoms with Crippen molar-refractivity contribution in [2.75, 3.05) is 39.1 Å². The maximum atomic E-state index is 12.9. The summed E-state index contributed by atoms with van der Waals surface area (Å²) in [5.41, 5.74) is 1.62. The molecule has 4 aromatic rings. The smallest absolute Gasteiger partial charge is 0.322 e. The van der Waals surface area contributed by atoms with Crippen molar-refractivity contribution in [3.8, 4) is 34.5 Å². The summed E-state index contributed by atoms with van der Waals surface area (Å²) in [6.07, 6.45) is 0. The second-order valence-corrected chi connectivity index (χ2v) is 7.54. The van der Waals surface area contributed by atoms with Gasteiger partial charge in [-0.15, -0.1) is 5.10 Å². The van der Waals surface area contributed by atoms with Crippen LogP contribution in [0.1, 0.15) is 20.7 Å². The van der Waals surface area contributed by atoms with E-state index in [0.717, 1.165) is 0 Å². The molecule has 0 aliphatic rings. The number of benzene rings is 3. The van der Waals surface area contributed by atoms with Crippen molar-refractivity contribution in [2.45, 2.75) is 0 Å². The van der Waals surface area contributed by atoms with Crippen LogP contribution in [-0.2, 0) is 0 Å². The summed E-state index contributed by atoms with van der Waals surface area (Å²) < 4.78 is 26.6. The van der Waals surface area contributed by atoms with Gasteiger partial charge in [0.15, 0.2) is 11.5 Å². The Kier molecular flexibility index (Phi) is 7.53. The molecule has 0 atom stereocenters. The maximum Gasteiger partial charge on any atom is 0.322 e. The average Bonchev–Trinajstić information content (AvgIpc) is 3.40. The van der Waals surface area contributed by atoms with Crippen LogP contribution in [0.4, 0.5) is 11.7 Å². The van der Waals surface area contributed by atoms with Crippen LogP contribution in [0.25, 0.3) is 11.5 Å². The number of methoxy groups -OCH3 is 4. The summed E-state index contributed by atoms with van der Waals surface area (Å²) in [7, 11) is 5.98. The van der Waals surface area contributed by atoms with Gasteiger partial charge in [-0.05, 0) is 54.6 Å². The number of rotatable bonds is 9. The number of amides is 2. The summed E-state index contributed by atoms with van der Waals surface area (Å²) in [5.74, 6) is 1.06. The van der Waals surface area contributed by atoms with Gasteiger partial charge >= 0.3 is 6.01 Å². The van der Waals surface area contributed by atoms with Gasteiger partial charge in [-0.1, -0.05) is 11.2 Å². The van der Waals surface area contributed by atoms with Gasteiger partial charge in [0.1, 0.15) is 5.75 Å². The quantitative estimate of drug-likeness (QED) is 0.343. The fourth-order valence-electron chi connectivity index (χ4n) is 3.45. The lowest BCUT2D eigenvalue weighted by Gasteiger charge is -2.14. The minimum absolute atomic E-state index is 0.0670. The molecule has 11 heteroatoms. The van der Waals surface area contributed by atoms with Crippen LogP contribution in [-0.4, -0.2) is 50.5 Å². The number of hydrogen-bond donors (Lipinski definition) is 2. The fourth-order valence-corrected chi connectivity index (χ4v) is 3.45. The number of anilines is 2. The van der Waals surface area contributed by atoms with E-state index >= 15 is 0 Å². The Bertz CT molecular complexity index is 1390. The lowest BCUT2D eigenvalue weighted by molar-refractivity contribution is 0.101. The van der Waals surface area contributed by atoms with Crippen LogP contribution in [0.2, 0.25) is 0 Å². The Morgan fingerprint density at radius 3 is 2.03 bits per heavy atom. The number of carbonyl (C=O) groups is 2. The number of ether oxygens (including phenoxy) is 4. The zero-order valence-electron chi connectivity index (χ0n) is 20.5. The molecule has 0 fully saturated rings. The third kappa shape index (κ3) is 5.61. The molecule has 1 aromatic heterocycles. The van der Waals surface area contributed by atoms with E-state index in [1.165, 1.54) is 39.5 Å². The number of nitrogens with zero attached hydrogens (tertiary/aromatic N) is 2. The third-order valence-corrected chi connectivity index (χ3v) is 5.29. The van der Waals surface area contributed by atoms with Crippen molar-refractivity contribution < 1.29 is 33.0 Å². The van der Waals surface area contributed by atoms with Gasteiger partial charge in [-0.25, -0.2) is 0 Å². The Hall–Kier alpha value is -5.06. The van der Waals surface area contributed by atoms with Gasteiger partial charge in [0.2, 0.25) is 11.6 Å². The van der Waals surface area contributed by atoms with E-state index in [9.17, 15) is 9.59 Å². The fraction of sp³-hybridized carbons (Fsp3) is 0.154. The molecule has 0 aliphatic heterocycles. The molecule has 4 rings (SSSR count). The molecule has 2 N–H and O–H groups in total. The molecular weight excluding hydrogens is 480 g/mol. The highest BCUT2D eigenvalue weighted by molar-refractivity contribution is 6.07. The first-order valence-corrected chi connectivity index (χ1v) is 11.0. The first kappa shape index (κ1) is 25.0. The van der Waals surface area contributed by atoms with E-state index in [2.05, 4.69) is 20.8 Å². The number of aromatic nitrogens is 2. The first-order valence-electron chi connectivity index (χ1n) is 11.0. The third-order valence-electron chi connectivity index (χ3n) is 5.29. The molecule has 0 radical (unpaired) electrons. The molecule has 37 heavy (non-hydrogen) atoms. The molecule has 0 saturated carbocycles. The first-order chi connectivity index (χ1) is 17.9. The molecule has 0 aliphatic carbocycles. The number of carbonyl (C=O) groups excluding carboxylic acids is 2. The van der Waals surface area contributed by atoms with Gasteiger partial charge in [-0.2, -0.15) is 0 Å². The minimum Gasteiger partial charge on any atom is -0.497 e. The minimum atomic E-state index is -0.492. The van der Waals surface area contributed by atoms with Crippen molar-refractivity contribution in [3.63, 3.8) is 0 Å². The Morgan fingerprint density at radius 2 is 1.41 bits per heavy atom. The van der Waals surface area contributed by atoms with Gasteiger partial charge in [0.05, 0.1) is 28.4 Å². The molecule has 0 unspecified atom stereocenters. The molecule has 3 aromatic carbocycles. The van der Waals surface area contributed by atoms with Gasteiger partial charge in [0, 0.05) is 22.4 Å². The highest BCUT2D eigenvalue weighted by atomic mass is 16.5. The molecule has 190 valence electrons. The van der Waals surface area contributed by atoms with E-state index in [1.807, 2.05) is 0 Å². The van der Waals surface area contributed by atoms with Crippen LogP contribution >= 0.6 is 0 Å². The topological polar surface area (TPSA) is 134 Å². The molecule has 11 nitrogen and oxygen atoms in total. The van der Waals surface area contributed by atoms with Crippen molar-refractivity contribution in [1.82, 2.24) is 10.2 Å². The highest BCUT2D eigenvalue weighted by Gasteiger charge is 2.18. The van der Waals surface area contributed by atoms with Gasteiger partial charge in [0.25, 0.3) is 11.8 Å². The van der Waals surface area contributed by atoms with Crippen LogP contribution in [0.15, 0.2) is 65.1 Å². The van der Waals surface area contributed by atoms with Crippen LogP contribution in [0.3, 0.4) is 0 Å². The van der Waals surface area contributed by atoms with Crippen molar-refractivity contribution >= 4 is 23.5 Å². The second-order valence-electron chi connectivity index (χ2n) is 7.54. The van der Waals surface area contributed by atoms with Gasteiger partial charge < -0.3 is 28.7 Å². The number of nitrogens with one attached hydrogen (secondary N) is 2. The zero-order valence-corrected chi connectivity index (χ0v) is 20.5. The van der Waals surface area contributed by atoms with Crippen molar-refractivity contribution in [2.24, 2.45) is 0 Å². The van der Waals surface area contributed by atoms with Crippen molar-refractivity contribution in [3.05, 3.63) is 71.8 Å². The molecule has 2 amide bonds.